The van der Waals surface area contributed by atoms with Gasteiger partial charge in [-0.2, -0.15) is 0 Å². The lowest BCUT2D eigenvalue weighted by atomic mass is 10.1. The molecule has 15 heavy (non-hydrogen) atoms. The molecule has 2 heteroatoms. The van der Waals surface area contributed by atoms with Crippen LogP contribution in [0.5, 0.6) is 0 Å². The van der Waals surface area contributed by atoms with E-state index in [1.807, 2.05) is 0 Å². The number of nitrogens with one attached hydrogen (secondary N) is 1. The molecule has 0 aromatic carbocycles. The van der Waals surface area contributed by atoms with Gasteiger partial charge in [0, 0.05) is 12.6 Å². The number of hydrogen-bond donors (Lipinski definition) is 1. The Labute approximate surface area is 95.4 Å². The summed E-state index contributed by atoms with van der Waals surface area (Å²) in [6, 6.07) is 0.815. The molecule has 90 valence electrons. The highest BCUT2D eigenvalue weighted by atomic mass is 15.2. The molecule has 1 aliphatic rings. The van der Waals surface area contributed by atoms with E-state index < -0.39 is 0 Å². The van der Waals surface area contributed by atoms with Gasteiger partial charge in [0.15, 0.2) is 0 Å². The van der Waals surface area contributed by atoms with E-state index >= 15 is 0 Å². The highest BCUT2D eigenvalue weighted by Crippen LogP contribution is 2.17. The molecule has 0 aliphatic carbocycles. The lowest BCUT2D eigenvalue weighted by Gasteiger charge is -2.25. The Hall–Kier alpha value is -0.0800. The van der Waals surface area contributed by atoms with E-state index in [0.29, 0.717) is 0 Å². The first kappa shape index (κ1) is 13.0. The smallest absolute Gasteiger partial charge is 0.0221 e. The Bertz CT molecular complexity index is 157. The molecule has 0 aromatic rings. The largest absolute Gasteiger partial charge is 0.315 e. The summed E-state index contributed by atoms with van der Waals surface area (Å²) in [5.74, 6) is 0.842. The van der Waals surface area contributed by atoms with Gasteiger partial charge in [0.05, 0.1) is 0 Å². The van der Waals surface area contributed by atoms with Crippen LogP contribution in [-0.2, 0) is 0 Å². The minimum atomic E-state index is 0.815. The molecular weight excluding hydrogens is 184 g/mol. The second kappa shape index (κ2) is 7.24. The number of likely N-dealkylation sites (tertiary alicyclic amines) is 1. The average Bonchev–Trinajstić information content (AvgIpc) is 2.63. The number of hydrogen-bond acceptors (Lipinski definition) is 2. The third-order valence-electron chi connectivity index (χ3n) is 3.30. The summed E-state index contributed by atoms with van der Waals surface area (Å²) in [5, 5.41) is 3.55. The fraction of sp³-hybridized carbons (Fsp3) is 1.00. The molecule has 1 atom stereocenters. The molecule has 2 nitrogen and oxygen atoms in total. The summed E-state index contributed by atoms with van der Waals surface area (Å²) in [5.41, 5.74) is 0. The van der Waals surface area contributed by atoms with Crippen molar-refractivity contribution in [2.45, 2.75) is 52.5 Å². The quantitative estimate of drug-likeness (QED) is 0.652. The Morgan fingerprint density at radius 3 is 2.87 bits per heavy atom. The van der Waals surface area contributed by atoms with Crippen LogP contribution in [0.15, 0.2) is 0 Å². The van der Waals surface area contributed by atoms with Gasteiger partial charge in [0.2, 0.25) is 0 Å². The first-order chi connectivity index (χ1) is 7.24. The van der Waals surface area contributed by atoms with E-state index in [2.05, 4.69) is 31.0 Å². The van der Waals surface area contributed by atoms with Crippen LogP contribution in [0.4, 0.5) is 0 Å². The molecule has 0 saturated carbocycles. The van der Waals surface area contributed by atoms with Gasteiger partial charge in [-0.1, -0.05) is 20.8 Å². The second-order valence-corrected chi connectivity index (χ2v) is 5.22. The maximum absolute atomic E-state index is 3.55. The lowest BCUT2D eigenvalue weighted by molar-refractivity contribution is 0.234. The molecule has 1 fully saturated rings. The third-order valence-corrected chi connectivity index (χ3v) is 3.30. The molecule has 1 heterocycles. The van der Waals surface area contributed by atoms with Crippen LogP contribution < -0.4 is 5.32 Å². The van der Waals surface area contributed by atoms with Gasteiger partial charge >= 0.3 is 0 Å². The Morgan fingerprint density at radius 1 is 1.40 bits per heavy atom. The van der Waals surface area contributed by atoms with Crippen molar-refractivity contribution in [3.8, 4) is 0 Å². The Morgan fingerprint density at radius 2 is 2.20 bits per heavy atom. The number of nitrogens with zero attached hydrogens (tertiary/aromatic N) is 1. The van der Waals surface area contributed by atoms with Crippen LogP contribution in [-0.4, -0.2) is 37.1 Å². The zero-order valence-corrected chi connectivity index (χ0v) is 10.8. The fourth-order valence-electron chi connectivity index (χ4n) is 2.29. The van der Waals surface area contributed by atoms with E-state index in [-0.39, 0.29) is 0 Å². The van der Waals surface area contributed by atoms with Gasteiger partial charge in [0.1, 0.15) is 0 Å². The Kier molecular flexibility index (Phi) is 6.26. The van der Waals surface area contributed by atoms with E-state index in [1.54, 1.807) is 0 Å². The highest BCUT2D eigenvalue weighted by molar-refractivity contribution is 4.80. The minimum absolute atomic E-state index is 0.815. The van der Waals surface area contributed by atoms with Crippen molar-refractivity contribution in [1.29, 1.82) is 0 Å². The van der Waals surface area contributed by atoms with Crippen molar-refractivity contribution in [3.05, 3.63) is 0 Å². The topological polar surface area (TPSA) is 15.3 Å². The molecule has 1 unspecified atom stereocenters. The van der Waals surface area contributed by atoms with Gasteiger partial charge < -0.3 is 5.32 Å². The molecule has 0 bridgehead atoms. The predicted octanol–water partition coefficient (Wildman–Crippen LogP) is 2.50. The van der Waals surface area contributed by atoms with Crippen LogP contribution in [0.3, 0.4) is 0 Å². The van der Waals surface area contributed by atoms with Gasteiger partial charge in [-0.15, -0.1) is 0 Å². The average molecular weight is 212 g/mol. The fourth-order valence-corrected chi connectivity index (χ4v) is 2.29. The zero-order chi connectivity index (χ0) is 11.1. The maximum Gasteiger partial charge on any atom is 0.0221 e. The van der Waals surface area contributed by atoms with Crippen LogP contribution >= 0.6 is 0 Å². The highest BCUT2D eigenvalue weighted by Gasteiger charge is 2.23. The van der Waals surface area contributed by atoms with Crippen molar-refractivity contribution in [1.82, 2.24) is 10.2 Å². The molecule has 1 rings (SSSR count). The standard InChI is InChI=1S/C13H28N2/c1-4-8-14-11-13-6-5-9-15(13)10-7-12(2)3/h12-14H,4-11H2,1-3H3. The van der Waals surface area contributed by atoms with Gasteiger partial charge in [0.25, 0.3) is 0 Å². The maximum atomic E-state index is 3.55. The summed E-state index contributed by atoms with van der Waals surface area (Å²) >= 11 is 0. The lowest BCUT2D eigenvalue weighted by Crippen LogP contribution is -2.38. The van der Waals surface area contributed by atoms with Gasteiger partial charge in [-0.05, 0) is 51.2 Å². The molecule has 0 radical (unpaired) electrons. The number of rotatable bonds is 7. The van der Waals surface area contributed by atoms with Crippen molar-refractivity contribution >= 4 is 0 Å². The monoisotopic (exact) mass is 212 g/mol. The van der Waals surface area contributed by atoms with E-state index in [1.165, 1.54) is 51.9 Å². The SMILES string of the molecule is CCCNCC1CCCN1CCC(C)C. The Balaban J connectivity index is 2.17. The van der Waals surface area contributed by atoms with Crippen LogP contribution in [0, 0.1) is 5.92 Å². The van der Waals surface area contributed by atoms with Crippen molar-refractivity contribution in [3.63, 3.8) is 0 Å². The van der Waals surface area contributed by atoms with Gasteiger partial charge in [-0.3, -0.25) is 4.90 Å². The summed E-state index contributed by atoms with van der Waals surface area (Å²) in [6.45, 7) is 11.9. The molecule has 0 spiro atoms. The van der Waals surface area contributed by atoms with Crippen LogP contribution in [0.25, 0.3) is 0 Å². The zero-order valence-electron chi connectivity index (χ0n) is 10.8. The van der Waals surface area contributed by atoms with Crippen molar-refractivity contribution in [2.75, 3.05) is 26.2 Å². The van der Waals surface area contributed by atoms with Crippen LogP contribution in [0.2, 0.25) is 0 Å². The summed E-state index contributed by atoms with van der Waals surface area (Å²) in [7, 11) is 0. The second-order valence-electron chi connectivity index (χ2n) is 5.22. The van der Waals surface area contributed by atoms with E-state index in [9.17, 15) is 0 Å². The van der Waals surface area contributed by atoms with Crippen molar-refractivity contribution < 1.29 is 0 Å². The third kappa shape index (κ3) is 4.98. The molecule has 1 aliphatic heterocycles. The van der Waals surface area contributed by atoms with E-state index in [4.69, 9.17) is 0 Å². The molecule has 1 saturated heterocycles. The van der Waals surface area contributed by atoms with Crippen LogP contribution in [0.1, 0.15) is 46.5 Å². The van der Waals surface area contributed by atoms with Crippen molar-refractivity contribution in [2.24, 2.45) is 5.92 Å². The van der Waals surface area contributed by atoms with E-state index in [0.717, 1.165) is 12.0 Å². The molecule has 0 amide bonds. The molecular formula is C13H28N2. The van der Waals surface area contributed by atoms with Gasteiger partial charge in [-0.25, -0.2) is 0 Å². The minimum Gasteiger partial charge on any atom is -0.315 e. The predicted molar refractivity (Wildman–Crippen MR) is 67.2 cm³/mol. The first-order valence-electron chi connectivity index (χ1n) is 6.68. The molecule has 1 N–H and O–H groups in total. The summed E-state index contributed by atoms with van der Waals surface area (Å²) < 4.78 is 0. The summed E-state index contributed by atoms with van der Waals surface area (Å²) in [6.07, 6.45) is 5.40. The summed E-state index contributed by atoms with van der Waals surface area (Å²) in [4.78, 5) is 2.68. The molecule has 0 aromatic heterocycles. The first-order valence-corrected chi connectivity index (χ1v) is 6.68. The normalized spacial score (nSPS) is 22.8.